The lowest BCUT2D eigenvalue weighted by molar-refractivity contribution is -0.139. The molecule has 0 bridgehead atoms. The van der Waals surface area contributed by atoms with Gasteiger partial charge in [-0.2, -0.15) is 0 Å². The van der Waals surface area contributed by atoms with Crippen LogP contribution in [0.2, 0.25) is 0 Å². The van der Waals surface area contributed by atoms with Gasteiger partial charge in [0, 0.05) is 5.39 Å². The minimum absolute atomic E-state index is 0.535. The summed E-state index contributed by atoms with van der Waals surface area (Å²) in [7, 11) is 0. The van der Waals surface area contributed by atoms with Crippen molar-refractivity contribution < 1.29 is 14.3 Å². The summed E-state index contributed by atoms with van der Waals surface area (Å²) in [5.74, 6) is -0.796. The van der Waals surface area contributed by atoms with Crippen molar-refractivity contribution in [1.82, 2.24) is 0 Å². The lowest BCUT2D eigenvalue weighted by Crippen LogP contribution is -2.10. The van der Waals surface area contributed by atoms with Crippen molar-refractivity contribution in [3.05, 3.63) is 35.6 Å². The molecule has 0 amide bonds. The molecule has 2 rings (SSSR count). The van der Waals surface area contributed by atoms with E-state index in [0.717, 1.165) is 23.0 Å². The summed E-state index contributed by atoms with van der Waals surface area (Å²) in [4.78, 5) is 11.2. The highest BCUT2D eigenvalue weighted by Crippen LogP contribution is 2.28. The van der Waals surface area contributed by atoms with Crippen LogP contribution in [0.25, 0.3) is 11.0 Å². The molecule has 0 fully saturated rings. The molecule has 0 aliphatic heterocycles. The zero-order chi connectivity index (χ0) is 12.4. The van der Waals surface area contributed by atoms with Crippen molar-refractivity contribution in [3.8, 4) is 0 Å². The van der Waals surface area contributed by atoms with E-state index in [9.17, 15) is 9.90 Å². The van der Waals surface area contributed by atoms with Gasteiger partial charge in [-0.25, -0.2) is 0 Å². The summed E-state index contributed by atoms with van der Waals surface area (Å²) >= 11 is 0. The Morgan fingerprint density at radius 1 is 1.41 bits per heavy atom. The van der Waals surface area contributed by atoms with Crippen LogP contribution in [0.5, 0.6) is 0 Å². The van der Waals surface area contributed by atoms with Crippen LogP contribution in [0.4, 0.5) is 0 Å². The number of fused-ring (bicyclic) bond motifs is 1. The first-order valence-corrected chi connectivity index (χ1v) is 5.84. The minimum atomic E-state index is -0.817. The predicted octanol–water partition coefficient (Wildman–Crippen LogP) is 3.71. The fourth-order valence-electron chi connectivity index (χ4n) is 2.03. The molecule has 0 aliphatic carbocycles. The number of hydrogen-bond donors (Lipinski definition) is 1. The van der Waals surface area contributed by atoms with Crippen LogP contribution in [-0.2, 0) is 4.79 Å². The second kappa shape index (κ2) is 4.62. The molecular formula is C14H16O3. The van der Waals surface area contributed by atoms with Crippen molar-refractivity contribution in [2.45, 2.75) is 32.6 Å². The zero-order valence-electron chi connectivity index (χ0n) is 10.1. The van der Waals surface area contributed by atoms with E-state index in [-0.39, 0.29) is 0 Å². The van der Waals surface area contributed by atoms with E-state index in [4.69, 9.17) is 4.42 Å². The summed E-state index contributed by atoms with van der Waals surface area (Å²) in [6.45, 7) is 3.98. The Morgan fingerprint density at radius 2 is 2.18 bits per heavy atom. The predicted molar refractivity (Wildman–Crippen MR) is 66.2 cm³/mol. The monoisotopic (exact) mass is 232 g/mol. The van der Waals surface area contributed by atoms with Gasteiger partial charge in [0.2, 0.25) is 0 Å². The van der Waals surface area contributed by atoms with Crippen molar-refractivity contribution >= 4 is 16.9 Å². The average molecular weight is 232 g/mol. The maximum absolute atomic E-state index is 11.2. The first-order valence-electron chi connectivity index (χ1n) is 5.84. The van der Waals surface area contributed by atoms with Gasteiger partial charge in [-0.1, -0.05) is 25.0 Å². The highest BCUT2D eigenvalue weighted by Gasteiger charge is 2.22. The van der Waals surface area contributed by atoms with Gasteiger partial charge in [0.1, 0.15) is 17.3 Å². The topological polar surface area (TPSA) is 50.4 Å². The summed E-state index contributed by atoms with van der Waals surface area (Å²) < 4.78 is 5.62. The smallest absolute Gasteiger partial charge is 0.314 e. The number of aliphatic carboxylic acids is 1. The summed E-state index contributed by atoms with van der Waals surface area (Å²) in [5, 5.41) is 10.2. The van der Waals surface area contributed by atoms with Gasteiger partial charge in [0.25, 0.3) is 0 Å². The number of carboxylic acids is 1. The van der Waals surface area contributed by atoms with E-state index in [1.54, 1.807) is 0 Å². The van der Waals surface area contributed by atoms with Crippen LogP contribution in [-0.4, -0.2) is 11.1 Å². The van der Waals surface area contributed by atoms with Gasteiger partial charge in [0.15, 0.2) is 0 Å². The summed E-state index contributed by atoms with van der Waals surface area (Å²) in [5.41, 5.74) is 1.90. The molecule has 2 aromatic rings. The van der Waals surface area contributed by atoms with E-state index in [0.29, 0.717) is 12.2 Å². The standard InChI is InChI=1S/C14H16O3/c1-3-4-11(14(15)16)13-8-10-7-9(2)5-6-12(10)17-13/h5-8,11H,3-4H2,1-2H3,(H,15,16). The van der Waals surface area contributed by atoms with Crippen LogP contribution in [0.15, 0.2) is 28.7 Å². The molecule has 1 aromatic heterocycles. The number of furan rings is 1. The molecule has 0 aliphatic rings. The largest absolute Gasteiger partial charge is 0.481 e. The van der Waals surface area contributed by atoms with Gasteiger partial charge >= 0.3 is 5.97 Å². The number of hydrogen-bond acceptors (Lipinski definition) is 2. The average Bonchev–Trinajstić information content (AvgIpc) is 2.67. The maximum atomic E-state index is 11.2. The van der Waals surface area contributed by atoms with Gasteiger partial charge in [-0.15, -0.1) is 0 Å². The number of rotatable bonds is 4. The van der Waals surface area contributed by atoms with Gasteiger partial charge in [0.05, 0.1) is 0 Å². The van der Waals surface area contributed by atoms with E-state index >= 15 is 0 Å². The van der Waals surface area contributed by atoms with E-state index < -0.39 is 11.9 Å². The molecule has 1 N–H and O–H groups in total. The first-order chi connectivity index (χ1) is 8.11. The van der Waals surface area contributed by atoms with Gasteiger partial charge in [-0.3, -0.25) is 4.79 Å². The second-order valence-electron chi connectivity index (χ2n) is 4.37. The van der Waals surface area contributed by atoms with Crippen LogP contribution < -0.4 is 0 Å². The Kier molecular flexibility index (Phi) is 3.18. The third-order valence-electron chi connectivity index (χ3n) is 2.91. The first kappa shape index (κ1) is 11.7. The summed E-state index contributed by atoms with van der Waals surface area (Å²) in [6, 6.07) is 7.70. The highest BCUT2D eigenvalue weighted by molar-refractivity contribution is 5.82. The SMILES string of the molecule is CCCC(C(=O)O)c1cc2cc(C)ccc2o1. The molecule has 17 heavy (non-hydrogen) atoms. The number of benzene rings is 1. The Balaban J connectivity index is 2.43. The molecule has 1 aromatic carbocycles. The molecule has 3 heteroatoms. The molecule has 3 nitrogen and oxygen atoms in total. The third kappa shape index (κ3) is 2.33. The third-order valence-corrected chi connectivity index (χ3v) is 2.91. The fraction of sp³-hybridized carbons (Fsp3) is 0.357. The molecule has 0 spiro atoms. The van der Waals surface area contributed by atoms with E-state index in [1.807, 2.05) is 38.1 Å². The normalized spacial score (nSPS) is 12.8. The Morgan fingerprint density at radius 3 is 2.82 bits per heavy atom. The van der Waals surface area contributed by atoms with Crippen LogP contribution >= 0.6 is 0 Å². The lowest BCUT2D eigenvalue weighted by Gasteiger charge is -2.06. The molecule has 1 atom stereocenters. The molecule has 0 radical (unpaired) electrons. The van der Waals surface area contributed by atoms with E-state index in [1.165, 1.54) is 0 Å². The maximum Gasteiger partial charge on any atom is 0.314 e. The molecule has 1 unspecified atom stereocenters. The Labute approximate surface area is 100 Å². The van der Waals surface area contributed by atoms with Crippen molar-refractivity contribution in [3.63, 3.8) is 0 Å². The Hall–Kier alpha value is -1.77. The number of carboxylic acid groups (broad SMARTS) is 1. The van der Waals surface area contributed by atoms with Gasteiger partial charge in [-0.05, 0) is 31.5 Å². The lowest BCUT2D eigenvalue weighted by atomic mass is 10.0. The van der Waals surface area contributed by atoms with Crippen molar-refractivity contribution in [1.29, 1.82) is 0 Å². The fourth-order valence-corrected chi connectivity index (χ4v) is 2.03. The molecule has 90 valence electrons. The highest BCUT2D eigenvalue weighted by atomic mass is 16.4. The van der Waals surface area contributed by atoms with E-state index in [2.05, 4.69) is 0 Å². The molecule has 0 saturated heterocycles. The quantitative estimate of drug-likeness (QED) is 0.874. The summed E-state index contributed by atoms with van der Waals surface area (Å²) in [6.07, 6.45) is 1.43. The molecule has 0 saturated carbocycles. The molecule has 1 heterocycles. The number of carbonyl (C=O) groups is 1. The second-order valence-corrected chi connectivity index (χ2v) is 4.37. The van der Waals surface area contributed by atoms with Crippen molar-refractivity contribution in [2.75, 3.05) is 0 Å². The van der Waals surface area contributed by atoms with Crippen LogP contribution in [0, 0.1) is 6.92 Å². The molecular weight excluding hydrogens is 216 g/mol. The Bertz CT molecular complexity index is 539. The van der Waals surface area contributed by atoms with Crippen LogP contribution in [0.3, 0.4) is 0 Å². The number of aryl methyl sites for hydroxylation is 1. The zero-order valence-corrected chi connectivity index (χ0v) is 10.1. The minimum Gasteiger partial charge on any atom is -0.481 e. The van der Waals surface area contributed by atoms with Crippen LogP contribution in [0.1, 0.15) is 37.0 Å². The van der Waals surface area contributed by atoms with Gasteiger partial charge < -0.3 is 9.52 Å². The van der Waals surface area contributed by atoms with Crippen molar-refractivity contribution in [2.24, 2.45) is 0 Å².